The maximum atomic E-state index is 12.5. The van der Waals surface area contributed by atoms with Gasteiger partial charge in [0, 0.05) is 26.3 Å². The molecule has 0 N–H and O–H groups in total. The van der Waals surface area contributed by atoms with Gasteiger partial charge >= 0.3 is 5.69 Å². The Bertz CT molecular complexity index is 1000. The third-order valence-electron chi connectivity index (χ3n) is 3.84. The molecule has 0 atom stereocenters. The monoisotopic (exact) mass is 302 g/mol. The van der Waals surface area contributed by atoms with E-state index in [-0.39, 0.29) is 5.56 Å². The molecule has 0 amide bonds. The van der Waals surface area contributed by atoms with Crippen molar-refractivity contribution in [3.63, 3.8) is 0 Å². The lowest BCUT2D eigenvalue weighted by molar-refractivity contribution is 0.678. The maximum absolute atomic E-state index is 12.5. The first kappa shape index (κ1) is 14.3. The van der Waals surface area contributed by atoms with Crippen LogP contribution in [0.15, 0.2) is 15.7 Å². The lowest BCUT2D eigenvalue weighted by Gasteiger charge is -2.07. The van der Waals surface area contributed by atoms with Crippen LogP contribution in [-0.4, -0.2) is 28.5 Å². The molecule has 3 aromatic heterocycles. The Kier molecular flexibility index (Phi) is 3.05. The van der Waals surface area contributed by atoms with Gasteiger partial charge < -0.3 is 4.57 Å². The molecule has 0 aliphatic carbocycles. The Labute approximate surface area is 126 Å². The van der Waals surface area contributed by atoms with Crippen LogP contribution in [0.5, 0.6) is 0 Å². The Morgan fingerprint density at radius 3 is 2.36 bits per heavy atom. The zero-order chi connectivity index (χ0) is 16.2. The fraction of sp³-hybridized carbons (Fsp3) is 0.429. The molecule has 0 saturated carbocycles. The minimum absolute atomic E-state index is 0.347. The molecule has 0 radical (unpaired) electrons. The number of aryl methyl sites for hydroxylation is 4. The highest BCUT2D eigenvalue weighted by Crippen LogP contribution is 2.16. The Hall–Kier alpha value is -2.64. The number of fused-ring (bicyclic) bond motifs is 1. The first-order chi connectivity index (χ1) is 10.4. The predicted octanol–water partition coefficient (Wildman–Crippen LogP) is 0.256. The molecule has 0 bridgehead atoms. The summed E-state index contributed by atoms with van der Waals surface area (Å²) in [5.74, 6) is 0.543. The van der Waals surface area contributed by atoms with Crippen molar-refractivity contribution in [2.45, 2.75) is 27.3 Å². The quantitative estimate of drug-likeness (QED) is 0.680. The molecule has 0 spiro atoms. The van der Waals surface area contributed by atoms with Crippen LogP contribution in [0.2, 0.25) is 0 Å². The first-order valence-corrected chi connectivity index (χ1v) is 7.06. The summed E-state index contributed by atoms with van der Waals surface area (Å²) in [6.07, 6.45) is 0. The zero-order valence-corrected chi connectivity index (χ0v) is 13.3. The number of hydrogen-bond acceptors (Lipinski definition) is 4. The minimum atomic E-state index is -0.391. The summed E-state index contributed by atoms with van der Waals surface area (Å²) in [4.78, 5) is 29.1. The second-order valence-electron chi connectivity index (χ2n) is 5.37. The van der Waals surface area contributed by atoms with E-state index in [2.05, 4.69) is 10.1 Å². The van der Waals surface area contributed by atoms with Crippen molar-refractivity contribution in [2.24, 2.45) is 14.1 Å². The smallest absolute Gasteiger partial charge is 0.303 e. The highest BCUT2D eigenvalue weighted by molar-refractivity contribution is 5.72. The topological polar surface area (TPSA) is 79.6 Å². The van der Waals surface area contributed by atoms with E-state index in [1.807, 2.05) is 26.8 Å². The third-order valence-corrected chi connectivity index (χ3v) is 3.84. The van der Waals surface area contributed by atoms with Gasteiger partial charge in [-0.3, -0.25) is 13.9 Å². The molecule has 3 heterocycles. The van der Waals surface area contributed by atoms with Gasteiger partial charge in [0.25, 0.3) is 5.56 Å². The SMILES string of the molecule is CCn1c(-n2nc(C)cc2C)nc2c1c(=O)n(C)c(=O)n2C. The van der Waals surface area contributed by atoms with Crippen LogP contribution >= 0.6 is 0 Å². The van der Waals surface area contributed by atoms with E-state index in [4.69, 9.17) is 0 Å². The predicted molar refractivity (Wildman–Crippen MR) is 82.5 cm³/mol. The molecule has 0 unspecified atom stereocenters. The van der Waals surface area contributed by atoms with E-state index in [0.717, 1.165) is 16.0 Å². The summed E-state index contributed by atoms with van der Waals surface area (Å²) < 4.78 is 5.97. The molecule has 0 aliphatic heterocycles. The molecule has 0 fully saturated rings. The van der Waals surface area contributed by atoms with E-state index >= 15 is 0 Å². The van der Waals surface area contributed by atoms with E-state index in [0.29, 0.717) is 23.7 Å². The van der Waals surface area contributed by atoms with Crippen molar-refractivity contribution < 1.29 is 0 Å². The minimum Gasteiger partial charge on any atom is -0.303 e. The van der Waals surface area contributed by atoms with Gasteiger partial charge in [0.1, 0.15) is 0 Å². The zero-order valence-electron chi connectivity index (χ0n) is 13.3. The number of rotatable bonds is 2. The van der Waals surface area contributed by atoms with Gasteiger partial charge in [-0.15, -0.1) is 0 Å². The molecule has 8 heteroatoms. The van der Waals surface area contributed by atoms with Gasteiger partial charge in [0.05, 0.1) is 5.69 Å². The second kappa shape index (κ2) is 4.69. The Morgan fingerprint density at radius 2 is 1.82 bits per heavy atom. The molecular weight excluding hydrogens is 284 g/mol. The highest BCUT2D eigenvalue weighted by atomic mass is 16.2. The van der Waals surface area contributed by atoms with E-state index < -0.39 is 5.69 Å². The van der Waals surface area contributed by atoms with Gasteiger partial charge in [0.15, 0.2) is 11.2 Å². The fourth-order valence-electron chi connectivity index (χ4n) is 2.73. The van der Waals surface area contributed by atoms with Gasteiger partial charge in [0.2, 0.25) is 5.95 Å². The largest absolute Gasteiger partial charge is 0.332 e. The lowest BCUT2D eigenvalue weighted by Crippen LogP contribution is -2.37. The van der Waals surface area contributed by atoms with Crippen molar-refractivity contribution in [3.8, 4) is 5.95 Å². The molecule has 0 saturated heterocycles. The summed E-state index contributed by atoms with van der Waals surface area (Å²) >= 11 is 0. The van der Waals surface area contributed by atoms with Gasteiger partial charge in [-0.2, -0.15) is 10.1 Å². The molecule has 0 aromatic carbocycles. The van der Waals surface area contributed by atoms with Crippen LogP contribution in [0, 0.1) is 13.8 Å². The molecule has 3 aromatic rings. The van der Waals surface area contributed by atoms with Crippen molar-refractivity contribution in [1.82, 2.24) is 28.5 Å². The van der Waals surface area contributed by atoms with Crippen LogP contribution < -0.4 is 11.2 Å². The number of nitrogens with zero attached hydrogens (tertiary/aromatic N) is 6. The maximum Gasteiger partial charge on any atom is 0.332 e. The van der Waals surface area contributed by atoms with Gasteiger partial charge in [-0.05, 0) is 26.8 Å². The summed E-state index contributed by atoms with van der Waals surface area (Å²) in [5.41, 5.74) is 1.84. The third kappa shape index (κ3) is 1.76. The molecule has 8 nitrogen and oxygen atoms in total. The average Bonchev–Trinajstić information content (AvgIpc) is 3.02. The van der Waals surface area contributed by atoms with Crippen molar-refractivity contribution in [3.05, 3.63) is 38.3 Å². The van der Waals surface area contributed by atoms with E-state index in [9.17, 15) is 9.59 Å². The Morgan fingerprint density at radius 1 is 1.14 bits per heavy atom. The van der Waals surface area contributed by atoms with Crippen molar-refractivity contribution >= 4 is 11.2 Å². The highest BCUT2D eigenvalue weighted by Gasteiger charge is 2.20. The fourth-order valence-corrected chi connectivity index (χ4v) is 2.73. The standard InChI is InChI=1S/C14H18N6O2/c1-6-19-10-11(17(4)14(22)18(5)12(10)21)15-13(19)20-9(3)7-8(2)16-20/h7H,6H2,1-5H3. The van der Waals surface area contributed by atoms with Crippen molar-refractivity contribution in [1.29, 1.82) is 0 Å². The Balaban J connectivity index is 2.51. The lowest BCUT2D eigenvalue weighted by atomic mass is 10.4. The van der Waals surface area contributed by atoms with Crippen LogP contribution in [0.4, 0.5) is 0 Å². The molecule has 3 rings (SSSR count). The summed E-state index contributed by atoms with van der Waals surface area (Å²) in [7, 11) is 3.09. The average molecular weight is 302 g/mol. The van der Waals surface area contributed by atoms with E-state index in [1.54, 1.807) is 16.3 Å². The normalized spacial score (nSPS) is 11.5. The van der Waals surface area contributed by atoms with Gasteiger partial charge in [-0.25, -0.2) is 9.48 Å². The van der Waals surface area contributed by atoms with Crippen LogP contribution in [0.1, 0.15) is 18.3 Å². The number of aromatic nitrogens is 6. The first-order valence-electron chi connectivity index (χ1n) is 7.06. The van der Waals surface area contributed by atoms with Crippen LogP contribution in [0.3, 0.4) is 0 Å². The summed E-state index contributed by atoms with van der Waals surface area (Å²) in [5, 5.41) is 4.43. The second-order valence-corrected chi connectivity index (χ2v) is 5.37. The van der Waals surface area contributed by atoms with E-state index in [1.165, 1.54) is 11.6 Å². The van der Waals surface area contributed by atoms with Crippen LogP contribution in [0.25, 0.3) is 17.1 Å². The number of hydrogen-bond donors (Lipinski definition) is 0. The van der Waals surface area contributed by atoms with Gasteiger partial charge in [-0.1, -0.05) is 0 Å². The molecule has 22 heavy (non-hydrogen) atoms. The molecule has 0 aliphatic rings. The van der Waals surface area contributed by atoms with Crippen molar-refractivity contribution in [2.75, 3.05) is 0 Å². The van der Waals surface area contributed by atoms with Crippen LogP contribution in [-0.2, 0) is 20.6 Å². The summed E-state index contributed by atoms with van der Waals surface area (Å²) in [6, 6.07) is 1.94. The molecular formula is C14H18N6O2. The molecule has 116 valence electrons. The summed E-state index contributed by atoms with van der Waals surface area (Å²) in [6.45, 7) is 6.31. The number of imidazole rings is 1.